The number of anilines is 1. The minimum atomic E-state index is -0.831. The fraction of sp³-hybridized carbons (Fsp3) is 0.389. The van der Waals surface area contributed by atoms with Crippen LogP contribution < -0.4 is 5.32 Å². The third kappa shape index (κ3) is 5.16. The Morgan fingerprint density at radius 1 is 1.33 bits per heavy atom. The molecule has 0 aliphatic rings. The van der Waals surface area contributed by atoms with Crippen molar-refractivity contribution >= 4 is 28.9 Å². The lowest BCUT2D eigenvalue weighted by Crippen LogP contribution is -2.13. The molecule has 0 saturated carbocycles. The SMILES string of the molecule is Cc1nc(CC(C)C)c(C(=O)Nc2cccc(CCC(=O)O)c2)s1. The number of benzene rings is 1. The molecule has 1 aromatic carbocycles. The van der Waals surface area contributed by atoms with Crippen LogP contribution in [0.5, 0.6) is 0 Å². The summed E-state index contributed by atoms with van der Waals surface area (Å²) in [4.78, 5) is 28.4. The molecule has 0 bridgehead atoms. The average molecular weight is 346 g/mol. The summed E-state index contributed by atoms with van der Waals surface area (Å²) in [5.41, 5.74) is 2.40. The van der Waals surface area contributed by atoms with Crippen LogP contribution in [-0.2, 0) is 17.6 Å². The van der Waals surface area contributed by atoms with E-state index in [0.29, 0.717) is 22.9 Å². The topological polar surface area (TPSA) is 79.3 Å². The zero-order valence-corrected chi connectivity index (χ0v) is 14.9. The van der Waals surface area contributed by atoms with Crippen molar-refractivity contribution in [2.75, 3.05) is 5.32 Å². The molecule has 0 fully saturated rings. The van der Waals surface area contributed by atoms with Gasteiger partial charge in [0, 0.05) is 12.1 Å². The molecule has 2 aromatic rings. The highest BCUT2D eigenvalue weighted by Crippen LogP contribution is 2.22. The first-order valence-electron chi connectivity index (χ1n) is 7.93. The first-order valence-corrected chi connectivity index (χ1v) is 8.75. The van der Waals surface area contributed by atoms with Crippen LogP contribution in [0.15, 0.2) is 24.3 Å². The molecule has 1 heterocycles. The summed E-state index contributed by atoms with van der Waals surface area (Å²) in [7, 11) is 0. The summed E-state index contributed by atoms with van der Waals surface area (Å²) < 4.78 is 0. The first-order chi connectivity index (χ1) is 11.3. The van der Waals surface area contributed by atoms with Gasteiger partial charge < -0.3 is 10.4 Å². The van der Waals surface area contributed by atoms with Gasteiger partial charge in [-0.05, 0) is 43.4 Å². The molecule has 0 spiro atoms. The number of amides is 1. The van der Waals surface area contributed by atoms with Crippen LogP contribution in [0.25, 0.3) is 0 Å². The van der Waals surface area contributed by atoms with E-state index in [2.05, 4.69) is 24.1 Å². The predicted molar refractivity (Wildman–Crippen MR) is 95.7 cm³/mol. The normalized spacial score (nSPS) is 10.8. The molecule has 24 heavy (non-hydrogen) atoms. The quantitative estimate of drug-likeness (QED) is 0.796. The molecule has 2 N–H and O–H groups in total. The van der Waals surface area contributed by atoms with E-state index in [9.17, 15) is 9.59 Å². The summed E-state index contributed by atoms with van der Waals surface area (Å²) in [6.45, 7) is 6.10. The fourth-order valence-electron chi connectivity index (χ4n) is 2.42. The molecule has 5 nitrogen and oxygen atoms in total. The second-order valence-corrected chi connectivity index (χ2v) is 7.36. The number of nitrogens with one attached hydrogen (secondary N) is 1. The van der Waals surface area contributed by atoms with Crippen molar-refractivity contribution in [1.29, 1.82) is 0 Å². The number of aliphatic carboxylic acids is 1. The Labute approximate surface area is 145 Å². The molecule has 6 heteroatoms. The first kappa shape index (κ1) is 18.1. The van der Waals surface area contributed by atoms with Gasteiger partial charge in [-0.15, -0.1) is 11.3 Å². The number of carboxylic acid groups (broad SMARTS) is 1. The van der Waals surface area contributed by atoms with Gasteiger partial charge in [0.15, 0.2) is 0 Å². The summed E-state index contributed by atoms with van der Waals surface area (Å²) in [6.07, 6.45) is 1.28. The van der Waals surface area contributed by atoms with E-state index >= 15 is 0 Å². The van der Waals surface area contributed by atoms with Crippen molar-refractivity contribution in [2.45, 2.75) is 40.0 Å². The lowest BCUT2D eigenvalue weighted by molar-refractivity contribution is -0.136. The molecule has 0 atom stereocenters. The third-order valence-electron chi connectivity index (χ3n) is 3.42. The summed E-state index contributed by atoms with van der Waals surface area (Å²) >= 11 is 1.40. The third-order valence-corrected chi connectivity index (χ3v) is 4.44. The van der Waals surface area contributed by atoms with E-state index in [-0.39, 0.29) is 12.3 Å². The van der Waals surface area contributed by atoms with Gasteiger partial charge in [0.2, 0.25) is 0 Å². The minimum absolute atomic E-state index is 0.0734. The van der Waals surface area contributed by atoms with Crippen LogP contribution in [0.1, 0.15) is 46.2 Å². The van der Waals surface area contributed by atoms with E-state index in [1.54, 1.807) is 6.07 Å². The molecule has 1 amide bonds. The largest absolute Gasteiger partial charge is 0.481 e. The number of hydrogen-bond acceptors (Lipinski definition) is 4. The van der Waals surface area contributed by atoms with Crippen molar-refractivity contribution in [3.8, 4) is 0 Å². The van der Waals surface area contributed by atoms with Crippen LogP contribution in [0, 0.1) is 12.8 Å². The second kappa shape index (κ2) is 8.06. The maximum Gasteiger partial charge on any atom is 0.303 e. The maximum atomic E-state index is 12.6. The Hall–Kier alpha value is -2.21. The summed E-state index contributed by atoms with van der Waals surface area (Å²) in [6, 6.07) is 7.30. The predicted octanol–water partition coefficient (Wildman–Crippen LogP) is 3.92. The van der Waals surface area contributed by atoms with E-state index < -0.39 is 5.97 Å². The van der Waals surface area contributed by atoms with Gasteiger partial charge in [-0.3, -0.25) is 9.59 Å². The molecule has 1 aromatic heterocycles. The van der Waals surface area contributed by atoms with Crippen molar-refractivity contribution in [1.82, 2.24) is 4.98 Å². The standard InChI is InChI=1S/C18H22N2O3S/c1-11(2)9-15-17(24-12(3)19-15)18(23)20-14-6-4-5-13(10-14)7-8-16(21)22/h4-6,10-11H,7-9H2,1-3H3,(H,20,23)(H,21,22). The molecular weight excluding hydrogens is 324 g/mol. The smallest absolute Gasteiger partial charge is 0.303 e. The molecule has 0 radical (unpaired) electrons. The highest BCUT2D eigenvalue weighted by atomic mass is 32.1. The number of thiazole rings is 1. The number of carbonyl (C=O) groups excluding carboxylic acids is 1. The molecule has 2 rings (SSSR count). The van der Waals surface area contributed by atoms with Gasteiger partial charge in [0.25, 0.3) is 5.91 Å². The zero-order chi connectivity index (χ0) is 17.7. The van der Waals surface area contributed by atoms with E-state index in [4.69, 9.17) is 5.11 Å². The van der Waals surface area contributed by atoms with E-state index in [0.717, 1.165) is 22.7 Å². The minimum Gasteiger partial charge on any atom is -0.481 e. The zero-order valence-electron chi connectivity index (χ0n) is 14.1. The van der Waals surface area contributed by atoms with Crippen molar-refractivity contribution in [2.24, 2.45) is 5.92 Å². The second-order valence-electron chi connectivity index (χ2n) is 6.15. The number of hydrogen-bond donors (Lipinski definition) is 2. The van der Waals surface area contributed by atoms with Gasteiger partial charge in [0.1, 0.15) is 4.88 Å². The molecular formula is C18H22N2O3S. The van der Waals surface area contributed by atoms with Gasteiger partial charge >= 0.3 is 5.97 Å². The van der Waals surface area contributed by atoms with Gasteiger partial charge in [-0.25, -0.2) is 4.98 Å². The van der Waals surface area contributed by atoms with Crippen LogP contribution >= 0.6 is 11.3 Å². The van der Waals surface area contributed by atoms with E-state index in [1.807, 2.05) is 25.1 Å². The highest BCUT2D eigenvalue weighted by molar-refractivity contribution is 7.13. The van der Waals surface area contributed by atoms with Crippen molar-refractivity contribution in [3.63, 3.8) is 0 Å². The Bertz CT molecular complexity index is 738. The monoisotopic (exact) mass is 346 g/mol. The molecule has 0 aliphatic carbocycles. The summed E-state index contributed by atoms with van der Waals surface area (Å²) in [5.74, 6) is -0.563. The number of rotatable bonds is 7. The lowest BCUT2D eigenvalue weighted by Gasteiger charge is -2.08. The van der Waals surface area contributed by atoms with Crippen molar-refractivity contribution in [3.05, 3.63) is 45.4 Å². The Morgan fingerprint density at radius 2 is 2.08 bits per heavy atom. The van der Waals surface area contributed by atoms with E-state index in [1.165, 1.54) is 11.3 Å². The van der Waals surface area contributed by atoms with Gasteiger partial charge in [-0.1, -0.05) is 26.0 Å². The van der Waals surface area contributed by atoms with Crippen LogP contribution in [0.4, 0.5) is 5.69 Å². The molecule has 0 unspecified atom stereocenters. The highest BCUT2D eigenvalue weighted by Gasteiger charge is 2.18. The Morgan fingerprint density at radius 3 is 2.75 bits per heavy atom. The molecule has 128 valence electrons. The lowest BCUT2D eigenvalue weighted by atomic mass is 10.1. The Kier molecular flexibility index (Phi) is 6.09. The number of aryl methyl sites for hydroxylation is 2. The van der Waals surface area contributed by atoms with Crippen LogP contribution in [0.3, 0.4) is 0 Å². The summed E-state index contributed by atoms with van der Waals surface area (Å²) in [5, 5.41) is 12.5. The van der Waals surface area contributed by atoms with Crippen LogP contribution in [0.2, 0.25) is 0 Å². The van der Waals surface area contributed by atoms with Gasteiger partial charge in [-0.2, -0.15) is 0 Å². The average Bonchev–Trinajstić information content (AvgIpc) is 2.85. The van der Waals surface area contributed by atoms with Crippen LogP contribution in [-0.4, -0.2) is 22.0 Å². The maximum absolute atomic E-state index is 12.6. The number of nitrogens with zero attached hydrogens (tertiary/aromatic N) is 1. The number of carbonyl (C=O) groups is 2. The molecule has 0 aliphatic heterocycles. The Balaban J connectivity index is 2.12. The number of carboxylic acids is 1. The molecule has 0 saturated heterocycles. The fourth-order valence-corrected chi connectivity index (χ4v) is 3.26. The van der Waals surface area contributed by atoms with Gasteiger partial charge in [0.05, 0.1) is 10.7 Å². The number of aromatic nitrogens is 1. The van der Waals surface area contributed by atoms with Crippen molar-refractivity contribution < 1.29 is 14.7 Å².